The monoisotopic (exact) mass is 794 g/mol. The van der Waals surface area contributed by atoms with Gasteiger partial charge in [0.25, 0.3) is 16.7 Å². The minimum atomic E-state index is -0.653. The van der Waals surface area contributed by atoms with Crippen LogP contribution in [0.25, 0.3) is 0 Å². The third-order valence-corrected chi connectivity index (χ3v) is 7.88. The topological polar surface area (TPSA) is 194 Å². The van der Waals surface area contributed by atoms with Gasteiger partial charge in [-0.25, -0.2) is 24.4 Å². The van der Waals surface area contributed by atoms with Gasteiger partial charge >= 0.3 is 17.9 Å². The smallest absolute Gasteiger partial charge is 0.345 e. The largest absolute Gasteiger partial charge is 0.462 e. The number of aromatic amines is 1. The van der Waals surface area contributed by atoms with E-state index in [4.69, 9.17) is 32.7 Å². The second-order valence-corrected chi connectivity index (χ2v) is 12.2. The van der Waals surface area contributed by atoms with Crippen molar-refractivity contribution in [1.82, 2.24) is 29.1 Å². The van der Waals surface area contributed by atoms with Crippen molar-refractivity contribution >= 4 is 41.1 Å². The Kier molecular flexibility index (Phi) is 16.7. The number of halogens is 2. The van der Waals surface area contributed by atoms with E-state index in [-0.39, 0.29) is 36.5 Å². The number of aryl methyl sites for hydroxylation is 3. The summed E-state index contributed by atoms with van der Waals surface area (Å²) in [5.74, 6) is -0.417. The first-order valence-electron chi connectivity index (χ1n) is 16.9. The molecule has 17 heteroatoms. The molecule has 0 saturated carbocycles. The van der Waals surface area contributed by atoms with Crippen LogP contribution in [0.5, 0.6) is 0 Å². The van der Waals surface area contributed by atoms with E-state index in [1.807, 2.05) is 24.3 Å². The number of nitrogens with one attached hydrogen (secondary N) is 1. The van der Waals surface area contributed by atoms with Crippen LogP contribution in [0.1, 0.15) is 80.4 Å². The summed E-state index contributed by atoms with van der Waals surface area (Å²) in [7, 11) is 0. The molecule has 290 valence electrons. The molecule has 1 N–H and O–H groups in total. The summed E-state index contributed by atoms with van der Waals surface area (Å²) in [4.78, 5) is 84.0. The summed E-state index contributed by atoms with van der Waals surface area (Å²) in [5.41, 5.74) is 0.260. The van der Waals surface area contributed by atoms with Gasteiger partial charge in [0, 0.05) is 35.2 Å². The predicted octanol–water partition coefficient (Wildman–Crippen LogP) is 5.12. The molecule has 0 bridgehead atoms. The molecule has 3 heterocycles. The molecular weight excluding hydrogens is 755 g/mol. The molecule has 0 spiro atoms. The number of hydrogen-bond acceptors (Lipinski definition) is 12. The van der Waals surface area contributed by atoms with Crippen molar-refractivity contribution in [3.05, 3.63) is 154 Å². The number of ether oxygens (including phenoxy) is 3. The number of benzene rings is 2. The molecule has 55 heavy (non-hydrogen) atoms. The lowest BCUT2D eigenvalue weighted by Crippen LogP contribution is -2.30. The molecule has 0 aliphatic heterocycles. The maximum atomic E-state index is 12.4. The fourth-order valence-corrected chi connectivity index (χ4v) is 4.84. The fourth-order valence-electron chi connectivity index (χ4n) is 4.59. The zero-order chi connectivity index (χ0) is 40.7. The van der Waals surface area contributed by atoms with E-state index in [0.29, 0.717) is 40.6 Å². The minimum absolute atomic E-state index is 0.0589. The summed E-state index contributed by atoms with van der Waals surface area (Å²) in [6.07, 6.45) is 3.96. The summed E-state index contributed by atoms with van der Waals surface area (Å²) >= 11 is 11.7. The highest BCUT2D eigenvalue weighted by atomic mass is 35.5. The predicted molar refractivity (Wildman–Crippen MR) is 205 cm³/mol. The number of nitrogens with zero attached hydrogens (tertiary/aromatic N) is 5. The first kappa shape index (κ1) is 43.5. The molecule has 5 rings (SSSR count). The molecular formula is C38H40Cl2N6O9. The first-order chi connectivity index (χ1) is 26.2. The Hall–Kier alpha value is -5.93. The average molecular weight is 796 g/mol. The van der Waals surface area contributed by atoms with Crippen molar-refractivity contribution in [3.8, 4) is 0 Å². The molecule has 0 aliphatic carbocycles. The van der Waals surface area contributed by atoms with Gasteiger partial charge in [-0.2, -0.15) is 4.98 Å². The lowest BCUT2D eigenvalue weighted by molar-refractivity contribution is 0.0513. The molecule has 0 atom stereocenters. The maximum absolute atomic E-state index is 12.4. The van der Waals surface area contributed by atoms with Gasteiger partial charge in [-0.1, -0.05) is 47.5 Å². The van der Waals surface area contributed by atoms with Crippen LogP contribution in [0, 0.1) is 20.8 Å². The van der Waals surface area contributed by atoms with Gasteiger partial charge in [0.05, 0.1) is 26.4 Å². The van der Waals surface area contributed by atoms with Gasteiger partial charge in [0.15, 0.2) is 0 Å². The fraction of sp³-hybridized carbons (Fsp3) is 0.289. The zero-order valence-corrected chi connectivity index (χ0v) is 32.6. The molecule has 2 aromatic carbocycles. The van der Waals surface area contributed by atoms with Crippen LogP contribution >= 0.6 is 23.2 Å². The zero-order valence-electron chi connectivity index (χ0n) is 31.1. The van der Waals surface area contributed by atoms with Gasteiger partial charge in [0.2, 0.25) is 0 Å². The highest BCUT2D eigenvalue weighted by Gasteiger charge is 2.17. The molecule has 5 aromatic rings. The number of aromatic nitrogens is 6. The lowest BCUT2D eigenvalue weighted by Gasteiger charge is -2.11. The van der Waals surface area contributed by atoms with Crippen molar-refractivity contribution in [2.75, 3.05) is 19.8 Å². The number of H-pyrrole nitrogens is 1. The minimum Gasteiger partial charge on any atom is -0.462 e. The Morgan fingerprint density at radius 2 is 1.13 bits per heavy atom. The van der Waals surface area contributed by atoms with Crippen LogP contribution in [0.3, 0.4) is 0 Å². The first-order valence-corrected chi connectivity index (χ1v) is 17.6. The number of esters is 3. The van der Waals surface area contributed by atoms with Crippen molar-refractivity contribution in [2.24, 2.45) is 0 Å². The van der Waals surface area contributed by atoms with Crippen LogP contribution in [0.15, 0.2) is 81.5 Å². The van der Waals surface area contributed by atoms with E-state index >= 15 is 0 Å². The highest BCUT2D eigenvalue weighted by molar-refractivity contribution is 6.30. The van der Waals surface area contributed by atoms with Gasteiger partial charge in [-0.3, -0.25) is 19.0 Å². The summed E-state index contributed by atoms with van der Waals surface area (Å²) in [6, 6.07) is 14.5. The number of hydrogen-bond donors (Lipinski definition) is 1. The van der Waals surface area contributed by atoms with Crippen molar-refractivity contribution in [3.63, 3.8) is 0 Å². The Morgan fingerprint density at radius 3 is 1.64 bits per heavy atom. The summed E-state index contributed by atoms with van der Waals surface area (Å²) in [5, 5.41) is 1.28. The Balaban J connectivity index is 0.000000229. The lowest BCUT2D eigenvalue weighted by atomic mass is 10.2. The highest BCUT2D eigenvalue weighted by Crippen LogP contribution is 2.12. The van der Waals surface area contributed by atoms with E-state index in [2.05, 4.69) is 24.7 Å². The van der Waals surface area contributed by atoms with Gasteiger partial charge < -0.3 is 23.8 Å². The number of carbonyl (C=O) groups is 3. The number of carbonyl (C=O) groups excluding carboxylic acids is 3. The van der Waals surface area contributed by atoms with E-state index in [1.165, 1.54) is 23.2 Å². The average Bonchev–Trinajstić information content (AvgIpc) is 3.13. The molecule has 0 aliphatic rings. The van der Waals surface area contributed by atoms with Crippen molar-refractivity contribution in [1.29, 1.82) is 0 Å². The summed E-state index contributed by atoms with van der Waals surface area (Å²) < 4.78 is 17.5. The quantitative estimate of drug-likeness (QED) is 0.145. The van der Waals surface area contributed by atoms with Crippen LogP contribution < -0.4 is 16.7 Å². The molecule has 3 aromatic heterocycles. The van der Waals surface area contributed by atoms with Gasteiger partial charge in [0.1, 0.15) is 34.2 Å². The molecule has 0 unspecified atom stereocenters. The Morgan fingerprint density at radius 1 is 0.655 bits per heavy atom. The second-order valence-electron chi connectivity index (χ2n) is 11.4. The van der Waals surface area contributed by atoms with Crippen molar-refractivity contribution < 1.29 is 28.6 Å². The second kappa shape index (κ2) is 21.1. The van der Waals surface area contributed by atoms with E-state index < -0.39 is 34.6 Å². The molecule has 15 nitrogen and oxygen atoms in total. The van der Waals surface area contributed by atoms with Crippen molar-refractivity contribution in [2.45, 2.75) is 54.6 Å². The molecule has 0 amide bonds. The maximum Gasteiger partial charge on any atom is 0.345 e. The SMILES string of the molecule is CCOC(=O)c1cn(Cc2ccc(Cl)cc2)c(C)nc1=O.CCOC(=O)c1cnc(C)[nH]c1=O.CCOC(=O)c1cnc(C)n(Cc2ccc(Cl)cc2)c1=O. The van der Waals surface area contributed by atoms with Crippen LogP contribution in [-0.4, -0.2) is 66.8 Å². The van der Waals surface area contributed by atoms with Crippen LogP contribution in [0.4, 0.5) is 0 Å². The molecule has 0 saturated heterocycles. The van der Waals surface area contributed by atoms with Gasteiger partial charge in [-0.15, -0.1) is 0 Å². The van der Waals surface area contributed by atoms with E-state index in [1.54, 1.807) is 70.4 Å². The third kappa shape index (κ3) is 12.9. The third-order valence-electron chi connectivity index (χ3n) is 7.37. The van der Waals surface area contributed by atoms with Crippen LogP contribution in [-0.2, 0) is 27.3 Å². The number of rotatable bonds is 10. The summed E-state index contributed by atoms with van der Waals surface area (Å²) in [6.45, 7) is 11.6. The van der Waals surface area contributed by atoms with Crippen LogP contribution in [0.2, 0.25) is 10.0 Å². The van der Waals surface area contributed by atoms with E-state index in [9.17, 15) is 28.8 Å². The Bertz CT molecular complexity index is 2270. The standard InChI is InChI=1S/2C15H15ClN2O3.C8H10N2O3/c1-3-21-15(20)13-8-17-10(2)18(14(13)19)9-11-4-6-12(16)7-5-11;1-3-21-15(20)13-9-18(10(2)17-14(13)19)8-11-4-6-12(16)7-5-11;1-3-13-8(12)6-4-9-5(2)10-7(6)11/h4-8H,3,9H2,1-2H3;4-7,9H,3,8H2,1-2H3;4H,3H2,1-2H3,(H,9,10,11). The Labute approximate surface area is 325 Å². The van der Waals surface area contributed by atoms with Gasteiger partial charge in [-0.05, 0) is 76.9 Å². The molecule has 0 fully saturated rings. The van der Waals surface area contributed by atoms with E-state index in [0.717, 1.165) is 11.1 Å². The molecule has 0 radical (unpaired) electrons. The normalized spacial score (nSPS) is 10.3.